The second-order valence-electron chi connectivity index (χ2n) is 8.36. The van der Waals surface area contributed by atoms with Crippen molar-refractivity contribution in [2.75, 3.05) is 5.73 Å². The molecule has 0 aliphatic carbocycles. The van der Waals surface area contributed by atoms with Gasteiger partial charge in [0.05, 0.1) is 18.0 Å². The molecule has 8 heteroatoms. The SMILES string of the molecule is Nc1nc2cc(-c3cccnc3)ccc2c2nc(CN3C(=O)CC(c4ccccc4)C3=O)[nH]c12. The van der Waals surface area contributed by atoms with Gasteiger partial charge in [0.15, 0.2) is 0 Å². The summed E-state index contributed by atoms with van der Waals surface area (Å²) >= 11 is 0. The Morgan fingerprint density at radius 2 is 1.85 bits per heavy atom. The van der Waals surface area contributed by atoms with Crippen LogP contribution in [0.25, 0.3) is 33.1 Å². The molecule has 34 heavy (non-hydrogen) atoms. The Morgan fingerprint density at radius 3 is 2.65 bits per heavy atom. The molecule has 2 amide bonds. The fraction of sp³-hybridized carbons (Fsp3) is 0.115. The molecule has 2 aromatic carbocycles. The van der Waals surface area contributed by atoms with Crippen LogP contribution in [0.1, 0.15) is 23.7 Å². The summed E-state index contributed by atoms with van der Waals surface area (Å²) in [5.41, 5.74) is 11.0. The number of nitrogens with zero attached hydrogens (tertiary/aromatic N) is 4. The molecule has 0 radical (unpaired) electrons. The average Bonchev–Trinajstić information content (AvgIpc) is 3.42. The van der Waals surface area contributed by atoms with Gasteiger partial charge in [-0.3, -0.25) is 19.5 Å². The van der Waals surface area contributed by atoms with Gasteiger partial charge in [-0.05, 0) is 29.3 Å². The number of carbonyl (C=O) groups excluding carboxylic acids is 2. The fourth-order valence-corrected chi connectivity index (χ4v) is 4.55. The first-order valence-electron chi connectivity index (χ1n) is 11.0. The summed E-state index contributed by atoms with van der Waals surface area (Å²) in [5.74, 6) is -0.0878. The van der Waals surface area contributed by atoms with Crippen LogP contribution in [-0.4, -0.2) is 36.7 Å². The number of hydrogen-bond acceptors (Lipinski definition) is 6. The third kappa shape index (κ3) is 3.27. The van der Waals surface area contributed by atoms with E-state index >= 15 is 0 Å². The van der Waals surface area contributed by atoms with Crippen LogP contribution in [0.2, 0.25) is 0 Å². The number of rotatable bonds is 4. The van der Waals surface area contributed by atoms with Crippen molar-refractivity contribution >= 4 is 39.6 Å². The van der Waals surface area contributed by atoms with Crippen LogP contribution in [0.15, 0.2) is 73.1 Å². The van der Waals surface area contributed by atoms with E-state index < -0.39 is 5.92 Å². The highest BCUT2D eigenvalue weighted by atomic mass is 16.2. The molecule has 166 valence electrons. The lowest BCUT2D eigenvalue weighted by Gasteiger charge is -2.13. The molecule has 3 N–H and O–H groups in total. The first-order chi connectivity index (χ1) is 16.6. The maximum atomic E-state index is 13.0. The van der Waals surface area contributed by atoms with Crippen LogP contribution in [0.5, 0.6) is 0 Å². The first kappa shape index (κ1) is 20.0. The zero-order valence-corrected chi connectivity index (χ0v) is 18.1. The van der Waals surface area contributed by atoms with Gasteiger partial charge in [-0.15, -0.1) is 0 Å². The number of carbonyl (C=O) groups is 2. The molecule has 3 aromatic heterocycles. The number of imide groups is 1. The number of aromatic amines is 1. The quantitative estimate of drug-likeness (QED) is 0.404. The lowest BCUT2D eigenvalue weighted by molar-refractivity contribution is -0.139. The molecule has 1 unspecified atom stereocenters. The Bertz CT molecular complexity index is 1560. The molecule has 6 rings (SSSR count). The molecule has 5 aromatic rings. The normalized spacial score (nSPS) is 16.1. The Balaban J connectivity index is 1.35. The van der Waals surface area contributed by atoms with E-state index in [-0.39, 0.29) is 24.8 Å². The lowest BCUT2D eigenvalue weighted by atomic mass is 9.98. The van der Waals surface area contributed by atoms with E-state index in [0.29, 0.717) is 28.2 Å². The predicted octanol–water partition coefficient (Wildman–Crippen LogP) is 3.80. The molecule has 1 atom stereocenters. The standard InChI is InChI=1S/C26H20N6O2/c27-25-24-23(18-9-8-16(11-20(18)29-25)17-7-4-10-28-13-17)30-21(31-24)14-32-22(33)12-19(26(32)34)15-5-2-1-3-6-15/h1-11,13,19H,12,14H2,(H2,27,29)(H,30,31). The molecule has 0 bridgehead atoms. The zero-order chi connectivity index (χ0) is 23.2. The van der Waals surface area contributed by atoms with Gasteiger partial charge in [-0.25, -0.2) is 9.97 Å². The maximum absolute atomic E-state index is 13.0. The Kier molecular flexibility index (Phi) is 4.58. The third-order valence-corrected chi connectivity index (χ3v) is 6.25. The third-order valence-electron chi connectivity index (χ3n) is 6.25. The smallest absolute Gasteiger partial charge is 0.237 e. The van der Waals surface area contributed by atoms with Crippen LogP contribution in [0, 0.1) is 0 Å². The second-order valence-corrected chi connectivity index (χ2v) is 8.36. The minimum atomic E-state index is -0.462. The monoisotopic (exact) mass is 448 g/mol. The number of pyridine rings is 2. The highest BCUT2D eigenvalue weighted by molar-refractivity contribution is 6.08. The van der Waals surface area contributed by atoms with Gasteiger partial charge in [0.2, 0.25) is 11.8 Å². The van der Waals surface area contributed by atoms with E-state index in [9.17, 15) is 9.59 Å². The van der Waals surface area contributed by atoms with E-state index in [1.807, 2.05) is 60.7 Å². The molecule has 8 nitrogen and oxygen atoms in total. The predicted molar refractivity (Wildman–Crippen MR) is 128 cm³/mol. The molecule has 1 aliphatic rings. The van der Waals surface area contributed by atoms with Gasteiger partial charge >= 0.3 is 0 Å². The molecule has 1 aliphatic heterocycles. The van der Waals surface area contributed by atoms with Crippen LogP contribution in [0.3, 0.4) is 0 Å². The van der Waals surface area contributed by atoms with Gasteiger partial charge in [-0.2, -0.15) is 0 Å². The topological polar surface area (TPSA) is 118 Å². The van der Waals surface area contributed by atoms with Crippen LogP contribution in [-0.2, 0) is 16.1 Å². The van der Waals surface area contributed by atoms with Gasteiger partial charge < -0.3 is 10.7 Å². The fourth-order valence-electron chi connectivity index (χ4n) is 4.55. The number of nitrogen functional groups attached to an aromatic ring is 1. The van der Waals surface area contributed by atoms with E-state index in [1.54, 1.807) is 12.4 Å². The molecule has 1 fully saturated rings. The molecule has 1 saturated heterocycles. The van der Waals surface area contributed by atoms with Crippen LogP contribution < -0.4 is 5.73 Å². The Labute approximate surface area is 194 Å². The van der Waals surface area contributed by atoms with Gasteiger partial charge in [0, 0.05) is 29.8 Å². The number of amides is 2. The molecular formula is C26H20N6O2. The van der Waals surface area contributed by atoms with E-state index in [4.69, 9.17) is 10.7 Å². The highest BCUT2D eigenvalue weighted by Gasteiger charge is 2.39. The largest absolute Gasteiger partial charge is 0.382 e. The van der Waals surface area contributed by atoms with Crippen LogP contribution >= 0.6 is 0 Å². The summed E-state index contributed by atoms with van der Waals surface area (Å²) in [6.07, 6.45) is 3.68. The number of likely N-dealkylation sites (tertiary alicyclic amines) is 1. The van der Waals surface area contributed by atoms with Gasteiger partial charge in [0.1, 0.15) is 22.7 Å². The van der Waals surface area contributed by atoms with Crippen molar-refractivity contribution in [1.82, 2.24) is 24.8 Å². The molecular weight excluding hydrogens is 428 g/mol. The highest BCUT2D eigenvalue weighted by Crippen LogP contribution is 2.32. The summed E-state index contributed by atoms with van der Waals surface area (Å²) in [6, 6.07) is 19.1. The summed E-state index contributed by atoms with van der Waals surface area (Å²) in [6.45, 7) is 0.0599. The van der Waals surface area contributed by atoms with Crippen LogP contribution in [0.4, 0.5) is 5.82 Å². The van der Waals surface area contributed by atoms with Crippen molar-refractivity contribution in [3.05, 3.63) is 84.4 Å². The van der Waals surface area contributed by atoms with Crippen molar-refractivity contribution in [2.24, 2.45) is 0 Å². The van der Waals surface area contributed by atoms with Gasteiger partial charge in [0.25, 0.3) is 0 Å². The van der Waals surface area contributed by atoms with Crippen molar-refractivity contribution in [3.63, 3.8) is 0 Å². The molecule has 4 heterocycles. The van der Waals surface area contributed by atoms with Crippen molar-refractivity contribution in [1.29, 1.82) is 0 Å². The number of nitrogens with one attached hydrogen (secondary N) is 1. The lowest BCUT2D eigenvalue weighted by Crippen LogP contribution is -2.30. The summed E-state index contributed by atoms with van der Waals surface area (Å²) in [4.78, 5) is 43.5. The summed E-state index contributed by atoms with van der Waals surface area (Å²) in [7, 11) is 0. The minimum absolute atomic E-state index is 0.0599. The number of anilines is 1. The average molecular weight is 448 g/mol. The number of nitrogens with two attached hydrogens (primary N) is 1. The minimum Gasteiger partial charge on any atom is -0.382 e. The van der Waals surface area contributed by atoms with E-state index in [2.05, 4.69) is 15.0 Å². The number of H-pyrrole nitrogens is 1. The van der Waals surface area contributed by atoms with Gasteiger partial charge in [-0.1, -0.05) is 42.5 Å². The molecule has 0 saturated carbocycles. The number of hydrogen-bond donors (Lipinski definition) is 2. The maximum Gasteiger partial charge on any atom is 0.237 e. The first-order valence-corrected chi connectivity index (χ1v) is 11.0. The Morgan fingerprint density at radius 1 is 1.00 bits per heavy atom. The molecule has 0 spiro atoms. The van der Waals surface area contributed by atoms with Crippen molar-refractivity contribution in [2.45, 2.75) is 18.9 Å². The van der Waals surface area contributed by atoms with Crippen molar-refractivity contribution in [3.8, 4) is 11.1 Å². The van der Waals surface area contributed by atoms with E-state index in [0.717, 1.165) is 22.1 Å². The Hall–Kier alpha value is -4.59. The number of aromatic nitrogens is 4. The summed E-state index contributed by atoms with van der Waals surface area (Å²) in [5, 5.41) is 0.834. The zero-order valence-electron chi connectivity index (χ0n) is 18.1. The summed E-state index contributed by atoms with van der Waals surface area (Å²) < 4.78 is 0. The van der Waals surface area contributed by atoms with E-state index in [1.165, 1.54) is 4.90 Å². The second kappa shape index (κ2) is 7.77. The number of benzene rings is 2. The van der Waals surface area contributed by atoms with Crippen molar-refractivity contribution < 1.29 is 9.59 Å². The number of fused-ring (bicyclic) bond motifs is 3. The number of imidazole rings is 1.